The molecule has 28 heavy (non-hydrogen) atoms. The highest BCUT2D eigenvalue weighted by Gasteiger charge is 2.61. The molecule has 0 aliphatic heterocycles. The lowest BCUT2D eigenvalue weighted by molar-refractivity contribution is -0.543. The summed E-state index contributed by atoms with van der Waals surface area (Å²) in [6.45, 7) is 7.92. The first kappa shape index (κ1) is 22.7. The molecule has 0 heterocycles. The second-order valence-corrected chi connectivity index (χ2v) is 8.66. The highest BCUT2D eigenvalue weighted by molar-refractivity contribution is 8.01. The molecule has 1 saturated carbocycles. The van der Waals surface area contributed by atoms with Gasteiger partial charge in [0.2, 0.25) is 0 Å². The van der Waals surface area contributed by atoms with Gasteiger partial charge in [-0.05, 0) is 58.1 Å². The number of hydrogen-bond donors (Lipinski definition) is 0. The number of ether oxygens (including phenoxy) is 2. The van der Waals surface area contributed by atoms with E-state index in [0.29, 0.717) is 19.3 Å². The molecule has 3 atom stereocenters. The van der Waals surface area contributed by atoms with Crippen LogP contribution >= 0.6 is 11.8 Å². The van der Waals surface area contributed by atoms with Crippen molar-refractivity contribution in [3.63, 3.8) is 0 Å². The van der Waals surface area contributed by atoms with Gasteiger partial charge in [-0.1, -0.05) is 31.5 Å². The summed E-state index contributed by atoms with van der Waals surface area (Å²) in [4.78, 5) is 25.8. The number of hydrogen-bond acceptors (Lipinski definition) is 6. The van der Waals surface area contributed by atoms with Crippen LogP contribution < -0.4 is 0 Å². The summed E-state index contributed by atoms with van der Waals surface area (Å²) < 4.78 is 10.2. The Kier molecular flexibility index (Phi) is 8.31. The van der Waals surface area contributed by atoms with Crippen molar-refractivity contribution in [1.29, 1.82) is 0 Å². The van der Waals surface area contributed by atoms with Crippen molar-refractivity contribution in [3.05, 3.63) is 39.9 Å². The average Bonchev–Trinajstić information content (AvgIpc) is 2.67. The Bertz CT molecular complexity index is 661. The van der Waals surface area contributed by atoms with Crippen molar-refractivity contribution < 1.29 is 19.2 Å². The number of benzene rings is 1. The Hall–Kier alpha value is -1.60. The van der Waals surface area contributed by atoms with Crippen molar-refractivity contribution in [2.75, 3.05) is 6.61 Å². The molecule has 0 amide bonds. The largest absolute Gasteiger partial charge is 0.465 e. The molecule has 6 nitrogen and oxygen atoms in total. The van der Waals surface area contributed by atoms with Crippen LogP contribution in [0.5, 0.6) is 0 Å². The van der Waals surface area contributed by atoms with E-state index < -0.39 is 22.9 Å². The molecule has 0 bridgehead atoms. The van der Waals surface area contributed by atoms with Gasteiger partial charge in [0, 0.05) is 9.82 Å². The molecule has 0 saturated heterocycles. The number of carbonyl (C=O) groups excluding carboxylic acids is 1. The topological polar surface area (TPSA) is 78.7 Å². The highest BCUT2D eigenvalue weighted by atomic mass is 32.2. The molecule has 1 aliphatic carbocycles. The zero-order chi connectivity index (χ0) is 20.7. The average molecular weight is 410 g/mol. The van der Waals surface area contributed by atoms with Crippen molar-refractivity contribution in [2.24, 2.45) is 0 Å². The molecule has 1 aromatic rings. The van der Waals surface area contributed by atoms with Gasteiger partial charge < -0.3 is 9.47 Å². The number of esters is 1. The zero-order valence-electron chi connectivity index (χ0n) is 17.2. The van der Waals surface area contributed by atoms with E-state index in [1.54, 1.807) is 6.92 Å². The molecule has 0 N–H and O–H groups in total. The predicted octanol–water partition coefficient (Wildman–Crippen LogP) is 4.79. The number of thioether (sulfide) groups is 1. The molecular formula is C21H31NO5S. The van der Waals surface area contributed by atoms with E-state index in [-0.39, 0.29) is 17.6 Å². The van der Waals surface area contributed by atoms with E-state index in [9.17, 15) is 14.9 Å². The van der Waals surface area contributed by atoms with Crippen LogP contribution in [0.25, 0.3) is 0 Å². The summed E-state index contributed by atoms with van der Waals surface area (Å²) >= 11 is 1.26. The first-order valence-corrected chi connectivity index (χ1v) is 10.9. The Balaban J connectivity index is 2.44. The first-order chi connectivity index (χ1) is 13.4. The maximum Gasteiger partial charge on any atom is 0.329 e. The van der Waals surface area contributed by atoms with Gasteiger partial charge in [-0.15, -0.1) is 11.8 Å². The quantitative estimate of drug-likeness (QED) is 0.331. The minimum atomic E-state index is -1.29. The predicted molar refractivity (Wildman–Crippen MR) is 110 cm³/mol. The van der Waals surface area contributed by atoms with Crippen LogP contribution in [0.1, 0.15) is 58.4 Å². The number of nitrogens with zero attached hydrogens (tertiary/aromatic N) is 1. The summed E-state index contributed by atoms with van der Waals surface area (Å²) in [6.07, 6.45) is 2.60. The van der Waals surface area contributed by atoms with E-state index >= 15 is 0 Å². The fourth-order valence-corrected chi connectivity index (χ4v) is 5.23. The standard InChI is InChI=1S/C21H31NO5S/c1-5-16(6-2)27-18-9-8-14-21(19(18)22(24)25,20(23)26-7-3)28-17-12-10-15(4)11-13-17/h10-13,16,18-19H,5-9,14H2,1-4H3. The van der Waals surface area contributed by atoms with E-state index in [0.717, 1.165) is 23.3 Å². The zero-order valence-corrected chi connectivity index (χ0v) is 18.0. The van der Waals surface area contributed by atoms with E-state index in [1.807, 2.05) is 45.0 Å². The Morgan fingerprint density at radius 3 is 2.46 bits per heavy atom. The van der Waals surface area contributed by atoms with Crippen LogP contribution in [0.2, 0.25) is 0 Å². The SMILES string of the molecule is CCOC(=O)C1(Sc2ccc(C)cc2)CCCC(OC(CC)CC)C1[N+](=O)[O-]. The van der Waals surface area contributed by atoms with Crippen molar-refractivity contribution in [3.8, 4) is 0 Å². The number of rotatable bonds is 9. The number of nitro groups is 1. The van der Waals surface area contributed by atoms with E-state index in [4.69, 9.17) is 9.47 Å². The summed E-state index contributed by atoms with van der Waals surface area (Å²) in [7, 11) is 0. The Labute approximate surface area is 171 Å². The Morgan fingerprint density at radius 1 is 1.29 bits per heavy atom. The molecule has 1 fully saturated rings. The van der Waals surface area contributed by atoms with Gasteiger partial charge >= 0.3 is 5.97 Å². The van der Waals surface area contributed by atoms with Gasteiger partial charge in [-0.3, -0.25) is 14.9 Å². The summed E-state index contributed by atoms with van der Waals surface area (Å²) in [5, 5.41) is 12.2. The third kappa shape index (κ3) is 5.06. The number of aryl methyl sites for hydroxylation is 1. The fraction of sp³-hybridized carbons (Fsp3) is 0.667. The van der Waals surface area contributed by atoms with Crippen molar-refractivity contribution >= 4 is 17.7 Å². The van der Waals surface area contributed by atoms with Gasteiger partial charge in [0.25, 0.3) is 6.04 Å². The summed E-state index contributed by atoms with van der Waals surface area (Å²) in [6, 6.07) is 6.56. The van der Waals surface area contributed by atoms with Crippen LogP contribution in [0.15, 0.2) is 29.2 Å². The molecule has 1 aromatic carbocycles. The van der Waals surface area contributed by atoms with Gasteiger partial charge in [0.15, 0.2) is 4.75 Å². The van der Waals surface area contributed by atoms with Gasteiger partial charge in [0.1, 0.15) is 6.10 Å². The molecular weight excluding hydrogens is 378 g/mol. The molecule has 0 aromatic heterocycles. The molecule has 7 heteroatoms. The van der Waals surface area contributed by atoms with Crippen LogP contribution in [0.3, 0.4) is 0 Å². The van der Waals surface area contributed by atoms with E-state index in [1.165, 1.54) is 11.8 Å². The van der Waals surface area contributed by atoms with Gasteiger partial charge in [-0.2, -0.15) is 0 Å². The lowest BCUT2D eigenvalue weighted by atomic mass is 9.81. The molecule has 0 spiro atoms. The maximum atomic E-state index is 13.1. The van der Waals surface area contributed by atoms with Crippen molar-refractivity contribution in [2.45, 2.75) is 87.7 Å². The normalized spacial score (nSPS) is 24.9. The third-order valence-electron chi connectivity index (χ3n) is 5.31. The number of carbonyl (C=O) groups is 1. The van der Waals surface area contributed by atoms with Crippen molar-refractivity contribution in [1.82, 2.24) is 0 Å². The molecule has 2 rings (SSSR count). The van der Waals surface area contributed by atoms with E-state index in [2.05, 4.69) is 0 Å². The highest BCUT2D eigenvalue weighted by Crippen LogP contribution is 2.47. The molecule has 3 unspecified atom stereocenters. The minimum Gasteiger partial charge on any atom is -0.465 e. The monoisotopic (exact) mass is 409 g/mol. The third-order valence-corrected chi connectivity index (χ3v) is 6.80. The molecule has 1 aliphatic rings. The molecule has 156 valence electrons. The fourth-order valence-electron chi connectivity index (χ4n) is 3.79. The lowest BCUT2D eigenvalue weighted by Crippen LogP contribution is -2.60. The second kappa shape index (κ2) is 10.3. The summed E-state index contributed by atoms with van der Waals surface area (Å²) in [5.74, 6) is -0.514. The van der Waals surface area contributed by atoms with Gasteiger partial charge in [-0.25, -0.2) is 0 Å². The summed E-state index contributed by atoms with van der Waals surface area (Å²) in [5.41, 5.74) is 1.10. The van der Waals surface area contributed by atoms with Crippen LogP contribution in [-0.2, 0) is 14.3 Å². The second-order valence-electron chi connectivity index (χ2n) is 7.26. The minimum absolute atomic E-state index is 0.0465. The molecule has 0 radical (unpaired) electrons. The van der Waals surface area contributed by atoms with Crippen LogP contribution in [-0.4, -0.2) is 40.5 Å². The van der Waals surface area contributed by atoms with Crippen LogP contribution in [0, 0.1) is 17.0 Å². The lowest BCUT2D eigenvalue weighted by Gasteiger charge is -2.40. The Morgan fingerprint density at radius 2 is 1.93 bits per heavy atom. The smallest absolute Gasteiger partial charge is 0.329 e. The maximum absolute atomic E-state index is 13.1. The van der Waals surface area contributed by atoms with Crippen LogP contribution in [0.4, 0.5) is 0 Å². The first-order valence-electron chi connectivity index (χ1n) is 10.1. The van der Waals surface area contributed by atoms with Gasteiger partial charge in [0.05, 0.1) is 12.7 Å².